The van der Waals surface area contributed by atoms with Crippen molar-refractivity contribution in [3.63, 3.8) is 0 Å². The Morgan fingerprint density at radius 1 is 0.301 bits per heavy atom. The van der Waals surface area contributed by atoms with Gasteiger partial charge in [-0.3, -0.25) is 125 Å². The van der Waals surface area contributed by atoms with Crippen LogP contribution in [0.2, 0.25) is 0 Å². The lowest BCUT2D eigenvalue weighted by Crippen LogP contribution is -2.67. The molecule has 6 aromatic rings. The first kappa shape index (κ1) is 118. The van der Waals surface area contributed by atoms with E-state index in [-0.39, 0.29) is 60.9 Å². The molecule has 6 rings (SSSR count). The summed E-state index contributed by atoms with van der Waals surface area (Å²) >= 11 is 0. The zero-order valence-electron chi connectivity index (χ0n) is 80.1. The second-order valence-electron chi connectivity index (χ2n) is 33.6. The zero-order chi connectivity index (χ0) is 108. The number of benzene rings is 2. The van der Waals surface area contributed by atoms with E-state index in [2.05, 4.69) is 104 Å². The average molecular weight is 2050 g/mol. The molecule has 0 aliphatic heterocycles. The molecule has 0 unspecified atom stereocenters. The maximum Gasteiger partial charge on any atom is 0.305 e. The minimum Gasteiger partial charge on any atom is -0.481 e. The molecule has 2 aromatic carbocycles. The molecule has 58 nitrogen and oxygen atoms in total. The van der Waals surface area contributed by atoms with E-state index in [1.807, 2.05) is 10.6 Å². The number of hydrogen-bond acceptors (Lipinski definition) is 34. The minimum atomic E-state index is -2.66. The van der Waals surface area contributed by atoms with Crippen molar-refractivity contribution >= 4 is 136 Å². The molecule has 32 N–H and O–H groups in total. The number of nitrogens with one attached hydrogen (secondary N) is 18. The molecule has 0 saturated heterocycles. The van der Waals surface area contributed by atoms with Crippen molar-refractivity contribution in [1.29, 1.82) is 0 Å². The number of imidazole rings is 4. The fraction of sp³-hybridized carbons (Fsp3) is 0.466. The topological polar surface area (TPSA) is 911 Å². The van der Waals surface area contributed by atoms with Crippen molar-refractivity contribution in [1.82, 2.24) is 129 Å². The van der Waals surface area contributed by atoms with Crippen LogP contribution in [0.5, 0.6) is 0 Å². The third-order valence-electron chi connectivity index (χ3n) is 21.7. The van der Waals surface area contributed by atoms with Gasteiger partial charge in [0.2, 0.25) is 88.6 Å². The van der Waals surface area contributed by atoms with Gasteiger partial charge in [-0.25, -0.2) is 19.9 Å². The maximum atomic E-state index is 16.5. The number of carbonyl (C=O) groups is 23. The average Bonchev–Trinajstić information content (AvgIpc) is 1.37. The van der Waals surface area contributed by atoms with Crippen LogP contribution in [0.1, 0.15) is 102 Å². The van der Waals surface area contributed by atoms with Gasteiger partial charge < -0.3 is 148 Å². The molecular formula is C88H121N29O29. The van der Waals surface area contributed by atoms with Crippen LogP contribution in [0.4, 0.5) is 0 Å². The Hall–Kier alpha value is -16.6. The molecule has 146 heavy (non-hydrogen) atoms. The van der Waals surface area contributed by atoms with Gasteiger partial charge >= 0.3 is 11.9 Å². The van der Waals surface area contributed by atoms with Crippen LogP contribution in [-0.2, 0) is 149 Å². The van der Waals surface area contributed by atoms with Crippen molar-refractivity contribution in [2.45, 2.75) is 209 Å². The van der Waals surface area contributed by atoms with Gasteiger partial charge in [-0.1, -0.05) is 74.5 Å². The van der Waals surface area contributed by atoms with E-state index in [0.29, 0.717) is 0 Å². The van der Waals surface area contributed by atoms with Crippen LogP contribution in [0, 0.1) is 5.92 Å². The number of aromatic nitrogens is 8. The number of amides is 21. The minimum absolute atomic E-state index is 0.00355. The van der Waals surface area contributed by atoms with Gasteiger partial charge in [-0.2, -0.15) is 0 Å². The first-order valence-electron chi connectivity index (χ1n) is 45.2. The Bertz CT molecular complexity index is 5050. The number of aliphatic carboxylic acids is 2. The predicted octanol–water partition coefficient (Wildman–Crippen LogP) is -13.3. The lowest BCUT2D eigenvalue weighted by atomic mass is 9.99. The van der Waals surface area contributed by atoms with E-state index in [4.69, 9.17) is 22.9 Å². The first-order valence-corrected chi connectivity index (χ1v) is 45.2. The predicted molar refractivity (Wildman–Crippen MR) is 500 cm³/mol. The molecule has 0 saturated carbocycles. The summed E-state index contributed by atoms with van der Waals surface area (Å²) in [7, 11) is 0. The molecule has 21 amide bonds. The molecular weight excluding hydrogens is 1930 g/mol. The summed E-state index contributed by atoms with van der Waals surface area (Å²) in [5.74, 6) is -34.6. The molecule has 0 aliphatic rings. The summed E-state index contributed by atoms with van der Waals surface area (Å²) in [6.45, 7) is -1.54. The van der Waals surface area contributed by atoms with Gasteiger partial charge in [-0.15, -0.1) is 0 Å². The number of hydrogen-bond donors (Lipinski definition) is 28. The summed E-state index contributed by atoms with van der Waals surface area (Å²) in [6, 6.07) is -23.9. The number of rotatable bonds is 59. The Morgan fingerprint density at radius 3 is 0.753 bits per heavy atom. The molecule has 4 heterocycles. The summed E-state index contributed by atoms with van der Waals surface area (Å²) in [6.07, 6.45) is 3.35. The molecule has 17 atom stereocenters. The second kappa shape index (κ2) is 58.1. The Labute approximate surface area is 831 Å². The number of nitrogens with two attached hydrogens (primary N) is 4. The van der Waals surface area contributed by atoms with E-state index < -0.39 is 336 Å². The van der Waals surface area contributed by atoms with Crippen molar-refractivity contribution in [3.05, 3.63) is 145 Å². The highest BCUT2D eigenvalue weighted by Crippen LogP contribution is 2.20. The number of aliphatic hydroxyl groups is 4. The molecule has 0 aliphatic carbocycles. The monoisotopic (exact) mass is 2050 g/mol. The quantitative estimate of drug-likeness (QED) is 0.0169. The van der Waals surface area contributed by atoms with Gasteiger partial charge in [0.25, 0.3) is 35.4 Å². The van der Waals surface area contributed by atoms with Crippen LogP contribution in [0.3, 0.4) is 0 Å². The van der Waals surface area contributed by atoms with Crippen molar-refractivity contribution in [2.24, 2.45) is 28.9 Å². The third-order valence-corrected chi connectivity index (χ3v) is 21.7. The largest absolute Gasteiger partial charge is 0.481 e. The number of nitrogens with zero attached hydrogens (tertiary/aromatic N) is 7. The second-order valence-corrected chi connectivity index (χ2v) is 33.6. The highest BCUT2D eigenvalue weighted by atomic mass is 16.4. The van der Waals surface area contributed by atoms with E-state index >= 15 is 52.7 Å². The van der Waals surface area contributed by atoms with Crippen molar-refractivity contribution in [2.75, 3.05) is 46.1 Å². The summed E-state index contributed by atoms with van der Waals surface area (Å²) in [4.78, 5) is 358. The van der Waals surface area contributed by atoms with Crippen molar-refractivity contribution in [3.8, 4) is 0 Å². The summed E-state index contributed by atoms with van der Waals surface area (Å²) < 4.78 is 0. The Kier molecular flexibility index (Phi) is 47.0. The van der Waals surface area contributed by atoms with Crippen LogP contribution < -0.4 is 97.4 Å². The molecule has 0 radical (unpaired) electrons. The van der Waals surface area contributed by atoms with Gasteiger partial charge in [0.05, 0.1) is 87.4 Å². The molecule has 0 bridgehead atoms. The molecule has 0 fully saturated rings. The summed E-state index contributed by atoms with van der Waals surface area (Å²) in [5.41, 5.74) is 25.1. The Morgan fingerprint density at radius 2 is 0.534 bits per heavy atom. The number of carboxylic acid groups (broad SMARTS) is 2. The maximum absolute atomic E-state index is 16.5. The Balaban J connectivity index is 1.54. The molecule has 792 valence electrons. The number of aliphatic hydroxyl groups excluding tert-OH is 4. The van der Waals surface area contributed by atoms with E-state index in [1.165, 1.54) is 111 Å². The number of H-pyrrole nitrogens is 4. The van der Waals surface area contributed by atoms with Gasteiger partial charge in [0, 0.05) is 111 Å². The van der Waals surface area contributed by atoms with E-state index in [1.54, 1.807) is 13.8 Å². The highest BCUT2D eigenvalue weighted by molar-refractivity contribution is 6.11. The molecule has 0 spiro atoms. The smallest absolute Gasteiger partial charge is 0.305 e. The number of aromatic amines is 4. The molecule has 4 aromatic heterocycles. The zero-order valence-corrected chi connectivity index (χ0v) is 80.1. The number of imide groups is 3. The highest BCUT2D eigenvalue weighted by Gasteiger charge is 2.49. The number of primary amides is 1. The first-order chi connectivity index (χ1) is 69.2. The lowest BCUT2D eigenvalue weighted by molar-refractivity contribution is -0.157. The lowest BCUT2D eigenvalue weighted by Gasteiger charge is -2.36. The third kappa shape index (κ3) is 36.1. The fourth-order valence-corrected chi connectivity index (χ4v) is 14.7. The van der Waals surface area contributed by atoms with Crippen LogP contribution >= 0.6 is 0 Å². The van der Waals surface area contributed by atoms with E-state index in [0.717, 1.165) is 34.6 Å². The van der Waals surface area contributed by atoms with Gasteiger partial charge in [-0.05, 0) is 30.4 Å². The number of carbonyl (C=O) groups excluding carboxylic acids is 21. The van der Waals surface area contributed by atoms with Crippen LogP contribution in [0.25, 0.3) is 0 Å². The normalized spacial score (nSPS) is 14.6. The standard InChI is InChI=1S/C88H121N29O29/c1-42(2)18-54(72(92)130)106-73(131)43(3)101-80(138)67(27-89)115(83(141)61(19-48-14-10-8-11-15-48)109-78(136)59(25-70(126)127)107-81(139)68(28-90)116(85(143)63(34-118)111-74(132)55(102-44(4)122)21-50-30-93-38-97-50)86(144)64(35-119)112-75(133)56(103-45(5)123)22-51-31-94-39-98-51)84(142)62(20-49-16-12-9-13-17-49)110-79(137)60(26-71(128)129)108-82(140)69(29-91)117(87(145)65(36-120)113-76(134)57(104-46(6)124)23-52-32-95-40-99-52)88(146)66(37-121)114-77(135)58(105-47(7)125)24-53-33-96-41-100-53/h8-17,30-33,38-43,54-69,118-121H,18-29,34-37,89-91H2,1-7H3,(H2,92,130)(H,93,97)(H,94,98)(H,95,99)(H,96,100)(H,101,138)(H,102,122)(H,103,123)(H,104,124)(H,105,125)(H,106,131)(H,107,139)(H,108,140)(H,109,136)(H,110,137)(H,111,132)(H,112,133)(H,113,134)(H,114,135)(H,126,127)(H,128,129)/t43-,54-,55-,56-,57-,58-,59-,60-,61-,62-,63-,64-,65-,66-,67-,68-,69-/m0/s1. The van der Waals surface area contributed by atoms with Crippen LogP contribution in [-0.4, -0.2) is 370 Å². The van der Waals surface area contributed by atoms with Gasteiger partial charge in [0.1, 0.15) is 103 Å². The van der Waals surface area contributed by atoms with Crippen molar-refractivity contribution < 1.29 is 141 Å². The summed E-state index contributed by atoms with van der Waals surface area (Å²) in [5, 5.41) is 96.2. The van der Waals surface area contributed by atoms with Gasteiger partial charge in [0.15, 0.2) is 0 Å². The fourth-order valence-electron chi connectivity index (χ4n) is 14.7. The number of carboxylic acids is 2. The van der Waals surface area contributed by atoms with E-state index in [9.17, 15) is 88.2 Å². The molecule has 58 heteroatoms. The SMILES string of the molecule is CC(=O)N[C@@H](Cc1c[nH]cn1)C(=O)N[C@@H](CO)C(=O)N(C(=O)[C@H](CO)NC(=O)[C@H](Cc1c[nH]cn1)NC(C)=O)[C@@H](CN)C(=O)N[C@@H](CC(=O)O)C(=O)N[C@@H](Cc1ccccc1)C(=O)N(C(=O)[C@H](Cc1ccccc1)NC(=O)[C@H](CC(=O)O)NC(=O)[C@H](CN)N(C(=O)[C@H](CO)NC(=O)[C@H](Cc1c[nH]cn1)NC(C)=O)C(=O)[C@H](CO)NC(=O)[C@H](Cc1c[nH]cn1)NC(C)=O)[C@@H](CN)C(=O)N[C@@H](C)C(=O)N[C@@H](CC(C)C)C(N)=O. The van der Waals surface area contributed by atoms with Crippen LogP contribution in [0.15, 0.2) is 111 Å².